The van der Waals surface area contributed by atoms with Gasteiger partial charge in [0.1, 0.15) is 6.04 Å². The normalized spacial score (nSPS) is 21.7. The first-order chi connectivity index (χ1) is 10.1. The molecule has 0 aliphatic carbocycles. The summed E-state index contributed by atoms with van der Waals surface area (Å²) in [5, 5.41) is 19.5. The van der Waals surface area contributed by atoms with E-state index in [1.54, 1.807) is 36.5 Å². The van der Waals surface area contributed by atoms with Gasteiger partial charge < -0.3 is 15.1 Å². The van der Waals surface area contributed by atoms with E-state index in [4.69, 9.17) is 0 Å². The lowest BCUT2D eigenvalue weighted by molar-refractivity contribution is -0.141. The second kappa shape index (κ2) is 5.14. The zero-order chi connectivity index (χ0) is 15.0. The molecule has 108 valence electrons. The Morgan fingerprint density at radius 1 is 1.24 bits per heavy atom. The zero-order valence-electron chi connectivity index (χ0n) is 11.1. The number of hydrogen-bond donors (Lipinski definition) is 2. The molecule has 1 aliphatic rings. The van der Waals surface area contributed by atoms with Crippen molar-refractivity contribution < 1.29 is 19.8 Å². The molecule has 1 aliphatic heterocycles. The van der Waals surface area contributed by atoms with E-state index in [1.807, 2.05) is 0 Å². The third-order valence-electron chi connectivity index (χ3n) is 3.70. The van der Waals surface area contributed by atoms with Gasteiger partial charge in [-0.1, -0.05) is 12.1 Å². The van der Waals surface area contributed by atoms with Gasteiger partial charge in [0.25, 0.3) is 5.91 Å². The van der Waals surface area contributed by atoms with Gasteiger partial charge in [-0.3, -0.25) is 9.78 Å². The maximum Gasteiger partial charge on any atom is 0.326 e. The standard InChI is InChI=1S/C15H14N2O4/c18-9-7-13(15(20)21)17(8-9)14(19)11-3-1-5-12-10(11)4-2-6-16-12/h1-6,9,13,18H,7-8H2,(H,20,21)/t9?,13-/m0/s1. The molecule has 1 amide bonds. The van der Waals surface area contributed by atoms with Crippen molar-refractivity contribution in [1.29, 1.82) is 0 Å². The summed E-state index contributed by atoms with van der Waals surface area (Å²) in [7, 11) is 0. The predicted molar refractivity (Wildman–Crippen MR) is 74.8 cm³/mol. The maximum atomic E-state index is 12.6. The minimum absolute atomic E-state index is 0.0342. The third-order valence-corrected chi connectivity index (χ3v) is 3.70. The Bertz CT molecular complexity index is 710. The number of amides is 1. The summed E-state index contributed by atoms with van der Waals surface area (Å²) in [6.07, 6.45) is 0.892. The highest BCUT2D eigenvalue weighted by molar-refractivity contribution is 6.07. The molecule has 6 nitrogen and oxygen atoms in total. The number of aromatic nitrogens is 1. The predicted octanol–water partition coefficient (Wildman–Crippen LogP) is 0.895. The Hall–Kier alpha value is -2.47. The molecule has 6 heteroatoms. The number of pyridine rings is 1. The van der Waals surface area contributed by atoms with E-state index in [0.717, 1.165) is 0 Å². The van der Waals surface area contributed by atoms with Gasteiger partial charge in [0.05, 0.1) is 11.6 Å². The fourth-order valence-corrected chi connectivity index (χ4v) is 2.72. The number of likely N-dealkylation sites (tertiary alicyclic amines) is 1. The van der Waals surface area contributed by atoms with Gasteiger partial charge in [-0.25, -0.2) is 4.79 Å². The highest BCUT2D eigenvalue weighted by Crippen LogP contribution is 2.24. The fourth-order valence-electron chi connectivity index (χ4n) is 2.72. The van der Waals surface area contributed by atoms with Crippen molar-refractivity contribution in [2.24, 2.45) is 0 Å². The average Bonchev–Trinajstić information content (AvgIpc) is 2.88. The summed E-state index contributed by atoms with van der Waals surface area (Å²) in [6.45, 7) is 0.0342. The molecule has 1 unspecified atom stereocenters. The second-order valence-corrected chi connectivity index (χ2v) is 5.08. The number of aliphatic carboxylic acids is 1. The highest BCUT2D eigenvalue weighted by atomic mass is 16.4. The molecule has 1 saturated heterocycles. The van der Waals surface area contributed by atoms with Crippen molar-refractivity contribution >= 4 is 22.8 Å². The summed E-state index contributed by atoms with van der Waals surface area (Å²) < 4.78 is 0. The summed E-state index contributed by atoms with van der Waals surface area (Å²) in [5.74, 6) is -1.49. The molecule has 3 rings (SSSR count). The lowest BCUT2D eigenvalue weighted by Crippen LogP contribution is -2.40. The first-order valence-electron chi connectivity index (χ1n) is 6.63. The number of aliphatic hydroxyl groups is 1. The molecular formula is C15H14N2O4. The molecule has 0 bridgehead atoms. The van der Waals surface area contributed by atoms with Crippen molar-refractivity contribution in [3.05, 3.63) is 42.1 Å². The van der Waals surface area contributed by atoms with Gasteiger partial charge in [0.15, 0.2) is 0 Å². The van der Waals surface area contributed by atoms with Crippen molar-refractivity contribution in [1.82, 2.24) is 9.88 Å². The number of rotatable bonds is 2. The van der Waals surface area contributed by atoms with Crippen LogP contribution >= 0.6 is 0 Å². The molecule has 0 spiro atoms. The molecule has 0 radical (unpaired) electrons. The molecule has 2 atom stereocenters. The number of benzene rings is 1. The lowest BCUT2D eigenvalue weighted by Gasteiger charge is -2.21. The van der Waals surface area contributed by atoms with E-state index in [-0.39, 0.29) is 13.0 Å². The molecule has 1 aromatic heterocycles. The number of carboxylic acids is 1. The van der Waals surface area contributed by atoms with Gasteiger partial charge in [-0.2, -0.15) is 0 Å². The van der Waals surface area contributed by atoms with Crippen LogP contribution in [0, 0.1) is 0 Å². The summed E-state index contributed by atoms with van der Waals surface area (Å²) in [5.41, 5.74) is 1.08. The Labute approximate surface area is 120 Å². The van der Waals surface area contributed by atoms with Crippen LogP contribution < -0.4 is 0 Å². The van der Waals surface area contributed by atoms with Crippen LogP contribution in [0.1, 0.15) is 16.8 Å². The average molecular weight is 286 g/mol. The number of fused-ring (bicyclic) bond motifs is 1. The van der Waals surface area contributed by atoms with Crippen molar-refractivity contribution in [3.63, 3.8) is 0 Å². The van der Waals surface area contributed by atoms with Gasteiger partial charge >= 0.3 is 5.97 Å². The van der Waals surface area contributed by atoms with Gasteiger partial charge in [-0.15, -0.1) is 0 Å². The third kappa shape index (κ3) is 2.34. The summed E-state index contributed by atoms with van der Waals surface area (Å²) in [6, 6.07) is 7.67. The molecule has 2 heterocycles. The van der Waals surface area contributed by atoms with Crippen molar-refractivity contribution in [2.45, 2.75) is 18.6 Å². The molecule has 1 fully saturated rings. The molecule has 2 N–H and O–H groups in total. The SMILES string of the molecule is O=C(O)[C@@H]1CC(O)CN1C(=O)c1cccc2ncccc12. The smallest absolute Gasteiger partial charge is 0.326 e. The fraction of sp³-hybridized carbons (Fsp3) is 0.267. The lowest BCUT2D eigenvalue weighted by atomic mass is 10.1. The van der Waals surface area contributed by atoms with Gasteiger partial charge in [0.2, 0.25) is 0 Å². The van der Waals surface area contributed by atoms with E-state index >= 15 is 0 Å². The molecule has 2 aromatic rings. The summed E-state index contributed by atoms with van der Waals surface area (Å²) in [4.78, 5) is 29.3. The van der Waals surface area contributed by atoms with Crippen molar-refractivity contribution in [2.75, 3.05) is 6.54 Å². The van der Waals surface area contributed by atoms with Crippen LogP contribution in [0.5, 0.6) is 0 Å². The number of β-amino-alcohol motifs (C(OH)–C–C–N with tert-alkyl or cyclic N) is 1. The van der Waals surface area contributed by atoms with E-state index in [9.17, 15) is 19.8 Å². The van der Waals surface area contributed by atoms with Crippen LogP contribution in [-0.2, 0) is 4.79 Å². The number of carboxylic acid groups (broad SMARTS) is 1. The number of carbonyl (C=O) groups is 2. The molecule has 1 aromatic carbocycles. The van der Waals surface area contributed by atoms with Crippen LogP contribution in [0.15, 0.2) is 36.5 Å². The number of aliphatic hydroxyl groups excluding tert-OH is 1. The van der Waals surface area contributed by atoms with Crippen LogP contribution in [0.3, 0.4) is 0 Å². The van der Waals surface area contributed by atoms with Crippen molar-refractivity contribution in [3.8, 4) is 0 Å². The van der Waals surface area contributed by atoms with E-state index < -0.39 is 24.0 Å². The molecule has 21 heavy (non-hydrogen) atoms. The minimum Gasteiger partial charge on any atom is -0.480 e. The Balaban J connectivity index is 2.02. The Kier molecular flexibility index (Phi) is 3.31. The topological polar surface area (TPSA) is 90.7 Å². The minimum atomic E-state index is -1.10. The quantitative estimate of drug-likeness (QED) is 0.855. The number of nitrogens with zero attached hydrogens (tertiary/aromatic N) is 2. The highest BCUT2D eigenvalue weighted by Gasteiger charge is 2.39. The molecule has 0 saturated carbocycles. The second-order valence-electron chi connectivity index (χ2n) is 5.08. The first kappa shape index (κ1) is 13.5. The first-order valence-corrected chi connectivity index (χ1v) is 6.63. The maximum absolute atomic E-state index is 12.6. The molecular weight excluding hydrogens is 272 g/mol. The number of hydrogen-bond acceptors (Lipinski definition) is 4. The van der Waals surface area contributed by atoms with Gasteiger partial charge in [-0.05, 0) is 18.2 Å². The van der Waals surface area contributed by atoms with Crippen LogP contribution in [0.25, 0.3) is 10.9 Å². The van der Waals surface area contributed by atoms with E-state index in [1.165, 1.54) is 4.90 Å². The van der Waals surface area contributed by atoms with E-state index in [2.05, 4.69) is 4.98 Å². The van der Waals surface area contributed by atoms with E-state index in [0.29, 0.717) is 16.5 Å². The van der Waals surface area contributed by atoms with Crippen LogP contribution in [-0.4, -0.2) is 50.7 Å². The monoisotopic (exact) mass is 286 g/mol. The summed E-state index contributed by atoms with van der Waals surface area (Å²) >= 11 is 0. The number of carbonyl (C=O) groups excluding carboxylic acids is 1. The Morgan fingerprint density at radius 3 is 2.81 bits per heavy atom. The Morgan fingerprint density at radius 2 is 2.05 bits per heavy atom. The van der Waals surface area contributed by atoms with Gasteiger partial charge in [0, 0.05) is 30.1 Å². The van der Waals surface area contributed by atoms with Crippen LogP contribution in [0.2, 0.25) is 0 Å². The van der Waals surface area contributed by atoms with Crippen LogP contribution in [0.4, 0.5) is 0 Å². The largest absolute Gasteiger partial charge is 0.480 e. The zero-order valence-corrected chi connectivity index (χ0v) is 11.1.